The van der Waals surface area contributed by atoms with Crippen LogP contribution >= 0.6 is 0 Å². The van der Waals surface area contributed by atoms with Crippen LogP contribution in [0, 0.1) is 6.92 Å². The summed E-state index contributed by atoms with van der Waals surface area (Å²) in [4.78, 5) is 28.7. The van der Waals surface area contributed by atoms with E-state index >= 15 is 0 Å². The lowest BCUT2D eigenvalue weighted by Crippen LogP contribution is -2.14. The Bertz CT molecular complexity index is 944. The highest BCUT2D eigenvalue weighted by molar-refractivity contribution is 6.04. The van der Waals surface area contributed by atoms with Gasteiger partial charge in [0, 0.05) is 17.6 Å². The standard InChI is InChI=1S/C19H19N3O3/c1-12(2)25-19(24)14-7-5-8-15(10-14)20-18(23)16-11-22-13(3)6-4-9-17(22)21-16/h4-12H,1-3H3,(H,20,23). The van der Waals surface area contributed by atoms with Crippen molar-refractivity contribution in [2.24, 2.45) is 0 Å². The van der Waals surface area contributed by atoms with Crippen LogP contribution in [0.5, 0.6) is 0 Å². The summed E-state index contributed by atoms with van der Waals surface area (Å²) < 4.78 is 7.02. The number of esters is 1. The first-order chi connectivity index (χ1) is 11.9. The highest BCUT2D eigenvalue weighted by Gasteiger charge is 2.14. The van der Waals surface area contributed by atoms with E-state index in [1.807, 2.05) is 29.5 Å². The van der Waals surface area contributed by atoms with Crippen molar-refractivity contribution in [1.82, 2.24) is 9.38 Å². The van der Waals surface area contributed by atoms with E-state index in [4.69, 9.17) is 4.74 Å². The Labute approximate surface area is 145 Å². The molecule has 6 heteroatoms. The maximum Gasteiger partial charge on any atom is 0.338 e. The third-order valence-electron chi connectivity index (χ3n) is 3.63. The highest BCUT2D eigenvalue weighted by Crippen LogP contribution is 2.15. The van der Waals surface area contributed by atoms with Gasteiger partial charge in [-0.2, -0.15) is 0 Å². The van der Waals surface area contributed by atoms with E-state index in [1.165, 1.54) is 0 Å². The van der Waals surface area contributed by atoms with Crippen molar-refractivity contribution < 1.29 is 14.3 Å². The van der Waals surface area contributed by atoms with Crippen LogP contribution in [0.2, 0.25) is 0 Å². The van der Waals surface area contributed by atoms with Gasteiger partial charge in [0.15, 0.2) is 0 Å². The maximum atomic E-state index is 12.5. The molecule has 6 nitrogen and oxygen atoms in total. The summed E-state index contributed by atoms with van der Waals surface area (Å²) in [6.07, 6.45) is 1.49. The molecule has 1 aromatic carbocycles. The molecule has 0 atom stereocenters. The number of ether oxygens (including phenoxy) is 1. The Kier molecular flexibility index (Phi) is 4.52. The highest BCUT2D eigenvalue weighted by atomic mass is 16.5. The first-order valence-corrected chi connectivity index (χ1v) is 8.01. The van der Waals surface area contributed by atoms with Gasteiger partial charge in [0.1, 0.15) is 11.3 Å². The van der Waals surface area contributed by atoms with Crippen LogP contribution in [0.4, 0.5) is 5.69 Å². The number of hydrogen-bond donors (Lipinski definition) is 1. The molecule has 0 spiro atoms. The fourth-order valence-corrected chi connectivity index (χ4v) is 2.46. The normalized spacial score (nSPS) is 10.9. The number of fused-ring (bicyclic) bond motifs is 1. The van der Waals surface area contributed by atoms with Crippen LogP contribution < -0.4 is 5.32 Å². The second-order valence-corrected chi connectivity index (χ2v) is 6.01. The van der Waals surface area contributed by atoms with E-state index in [1.54, 1.807) is 44.3 Å². The molecule has 0 aliphatic heterocycles. The van der Waals surface area contributed by atoms with Crippen LogP contribution in [-0.2, 0) is 4.74 Å². The maximum absolute atomic E-state index is 12.5. The zero-order valence-corrected chi connectivity index (χ0v) is 14.3. The summed E-state index contributed by atoms with van der Waals surface area (Å²) in [6.45, 7) is 5.52. The number of nitrogens with zero attached hydrogens (tertiary/aromatic N) is 2. The average molecular weight is 337 g/mol. The molecule has 0 aliphatic rings. The van der Waals surface area contributed by atoms with E-state index in [-0.39, 0.29) is 12.0 Å². The number of amides is 1. The van der Waals surface area contributed by atoms with Gasteiger partial charge in [0.25, 0.3) is 5.91 Å². The minimum atomic E-state index is -0.422. The number of aryl methyl sites for hydroxylation is 1. The fraction of sp³-hybridized carbons (Fsp3) is 0.211. The van der Waals surface area contributed by atoms with Crippen LogP contribution in [0.25, 0.3) is 5.65 Å². The number of benzene rings is 1. The Hall–Kier alpha value is -3.15. The molecule has 3 rings (SSSR count). The molecule has 2 aromatic heterocycles. The van der Waals surface area contributed by atoms with E-state index in [0.29, 0.717) is 22.6 Å². The Balaban J connectivity index is 1.80. The minimum absolute atomic E-state index is 0.202. The summed E-state index contributed by atoms with van der Waals surface area (Å²) in [5.41, 5.74) is 2.90. The first-order valence-electron chi connectivity index (χ1n) is 8.01. The molecule has 3 aromatic rings. The van der Waals surface area contributed by atoms with Crippen molar-refractivity contribution in [3.8, 4) is 0 Å². The van der Waals surface area contributed by atoms with Gasteiger partial charge in [0.2, 0.25) is 0 Å². The summed E-state index contributed by atoms with van der Waals surface area (Å²) in [7, 11) is 0. The first kappa shape index (κ1) is 16.7. The number of pyridine rings is 1. The number of carbonyl (C=O) groups is 2. The Morgan fingerprint density at radius 1 is 1.16 bits per heavy atom. The van der Waals surface area contributed by atoms with E-state index < -0.39 is 5.97 Å². The quantitative estimate of drug-likeness (QED) is 0.740. The largest absolute Gasteiger partial charge is 0.459 e. The van der Waals surface area contributed by atoms with Gasteiger partial charge in [-0.05, 0) is 51.1 Å². The van der Waals surface area contributed by atoms with Gasteiger partial charge in [-0.25, -0.2) is 9.78 Å². The topological polar surface area (TPSA) is 72.7 Å². The smallest absolute Gasteiger partial charge is 0.338 e. The monoisotopic (exact) mass is 337 g/mol. The van der Waals surface area contributed by atoms with Crippen molar-refractivity contribution >= 4 is 23.2 Å². The molecule has 25 heavy (non-hydrogen) atoms. The Morgan fingerprint density at radius 2 is 1.92 bits per heavy atom. The van der Waals surface area contributed by atoms with Crippen LogP contribution in [0.1, 0.15) is 40.4 Å². The zero-order chi connectivity index (χ0) is 18.0. The number of aromatic nitrogens is 2. The molecule has 0 bridgehead atoms. The second-order valence-electron chi connectivity index (χ2n) is 6.01. The number of imidazole rings is 1. The Morgan fingerprint density at radius 3 is 2.64 bits per heavy atom. The lowest BCUT2D eigenvalue weighted by molar-refractivity contribution is 0.0378. The van der Waals surface area contributed by atoms with Crippen molar-refractivity contribution in [1.29, 1.82) is 0 Å². The predicted octanol–water partition coefficient (Wildman–Crippen LogP) is 3.46. The van der Waals surface area contributed by atoms with E-state index in [9.17, 15) is 9.59 Å². The molecular weight excluding hydrogens is 318 g/mol. The van der Waals surface area contributed by atoms with E-state index in [2.05, 4.69) is 10.3 Å². The number of hydrogen-bond acceptors (Lipinski definition) is 4. The second kappa shape index (κ2) is 6.76. The zero-order valence-electron chi connectivity index (χ0n) is 14.3. The van der Waals surface area contributed by atoms with Gasteiger partial charge < -0.3 is 14.5 Å². The summed E-state index contributed by atoms with van der Waals surface area (Å²) >= 11 is 0. The SMILES string of the molecule is Cc1cccc2nc(C(=O)Nc3cccc(C(=O)OC(C)C)c3)cn12. The predicted molar refractivity (Wildman–Crippen MR) is 94.9 cm³/mol. The summed E-state index contributed by atoms with van der Waals surface area (Å²) in [6, 6.07) is 12.3. The van der Waals surface area contributed by atoms with Crippen LogP contribution in [0.15, 0.2) is 48.7 Å². The molecule has 1 amide bonds. The van der Waals surface area contributed by atoms with Gasteiger partial charge >= 0.3 is 5.97 Å². The van der Waals surface area contributed by atoms with Crippen molar-refractivity contribution in [2.75, 3.05) is 5.32 Å². The fourth-order valence-electron chi connectivity index (χ4n) is 2.46. The molecule has 128 valence electrons. The summed E-state index contributed by atoms with van der Waals surface area (Å²) in [5, 5.41) is 2.76. The molecular formula is C19H19N3O3. The number of anilines is 1. The number of nitrogens with one attached hydrogen (secondary N) is 1. The van der Waals surface area contributed by atoms with Crippen LogP contribution in [-0.4, -0.2) is 27.4 Å². The summed E-state index contributed by atoms with van der Waals surface area (Å²) in [5.74, 6) is -0.757. The molecule has 0 radical (unpaired) electrons. The molecule has 0 saturated heterocycles. The molecule has 0 unspecified atom stereocenters. The third-order valence-corrected chi connectivity index (χ3v) is 3.63. The van der Waals surface area contributed by atoms with Crippen LogP contribution in [0.3, 0.4) is 0 Å². The lowest BCUT2D eigenvalue weighted by atomic mass is 10.2. The number of rotatable bonds is 4. The van der Waals surface area contributed by atoms with Gasteiger partial charge in [-0.1, -0.05) is 12.1 Å². The lowest BCUT2D eigenvalue weighted by Gasteiger charge is -2.09. The molecule has 2 heterocycles. The molecule has 0 aliphatic carbocycles. The van der Waals surface area contributed by atoms with Crippen molar-refractivity contribution in [2.45, 2.75) is 26.9 Å². The van der Waals surface area contributed by atoms with Gasteiger partial charge in [-0.3, -0.25) is 4.79 Å². The molecule has 0 fully saturated rings. The molecule has 1 N–H and O–H groups in total. The third kappa shape index (κ3) is 3.68. The number of carbonyl (C=O) groups excluding carboxylic acids is 2. The average Bonchev–Trinajstić information content (AvgIpc) is 3.00. The van der Waals surface area contributed by atoms with E-state index in [0.717, 1.165) is 5.69 Å². The van der Waals surface area contributed by atoms with Crippen molar-refractivity contribution in [3.05, 3.63) is 65.6 Å². The van der Waals surface area contributed by atoms with Crippen molar-refractivity contribution in [3.63, 3.8) is 0 Å². The van der Waals surface area contributed by atoms with Gasteiger partial charge in [0.05, 0.1) is 11.7 Å². The molecule has 0 saturated carbocycles. The minimum Gasteiger partial charge on any atom is -0.459 e. The van der Waals surface area contributed by atoms with Gasteiger partial charge in [-0.15, -0.1) is 0 Å².